The fourth-order valence-corrected chi connectivity index (χ4v) is 4.43. The minimum absolute atomic E-state index is 0.0165. The smallest absolute Gasteiger partial charge is 0.274 e. The van der Waals surface area contributed by atoms with Crippen LogP contribution in [-0.2, 0) is 22.6 Å². The topological polar surface area (TPSA) is 70.9 Å². The Balaban J connectivity index is 2.00. The van der Waals surface area contributed by atoms with Gasteiger partial charge in [0.2, 0.25) is 0 Å². The lowest BCUT2D eigenvalue weighted by molar-refractivity contribution is -0.122. The fourth-order valence-electron chi connectivity index (χ4n) is 4.26. The van der Waals surface area contributed by atoms with Gasteiger partial charge in [0.05, 0.1) is 5.69 Å². The molecule has 0 bridgehead atoms. The molecule has 1 aromatic carbocycles. The molecule has 0 saturated heterocycles. The highest BCUT2D eigenvalue weighted by Gasteiger charge is 2.26. The summed E-state index contributed by atoms with van der Waals surface area (Å²) in [5.74, 6) is -0.244. The van der Waals surface area contributed by atoms with Crippen LogP contribution in [0.25, 0.3) is 0 Å². The van der Waals surface area contributed by atoms with Crippen molar-refractivity contribution in [1.29, 1.82) is 0 Å². The number of hydrogen-bond acceptors (Lipinski definition) is 5. The molecule has 2 aromatic rings. The van der Waals surface area contributed by atoms with Gasteiger partial charge in [0.1, 0.15) is 12.3 Å². The van der Waals surface area contributed by atoms with Crippen LogP contribution in [0, 0.1) is 0 Å². The van der Waals surface area contributed by atoms with E-state index in [4.69, 9.17) is 16.3 Å². The molecule has 1 aliphatic heterocycles. The Hall–Kier alpha value is -2.42. The minimum Gasteiger partial charge on any atom is -0.375 e. The first kappa shape index (κ1) is 26.2. The van der Waals surface area contributed by atoms with Gasteiger partial charge >= 0.3 is 0 Å². The number of aryl methyl sites for hydroxylation is 1. The largest absolute Gasteiger partial charge is 0.375 e. The molecule has 0 N–H and O–H groups in total. The third-order valence-electron chi connectivity index (χ3n) is 6.08. The number of rotatable bonds is 6. The molecule has 2 amide bonds. The molecule has 186 valence electrons. The van der Waals surface area contributed by atoms with Gasteiger partial charge in [0, 0.05) is 63.6 Å². The molecule has 1 aliphatic rings. The monoisotopic (exact) mass is 489 g/mol. The van der Waals surface area contributed by atoms with Crippen molar-refractivity contribution < 1.29 is 14.3 Å². The van der Waals surface area contributed by atoms with E-state index in [1.165, 1.54) is 7.11 Å². The third-order valence-corrected chi connectivity index (χ3v) is 6.32. The van der Waals surface area contributed by atoms with Crippen LogP contribution in [0.2, 0.25) is 5.02 Å². The fraction of sp³-hybridized carbons (Fsp3) is 0.560. The molecule has 2 heterocycles. The molecule has 0 aliphatic carbocycles. The Morgan fingerprint density at radius 1 is 1.15 bits per heavy atom. The number of hydrogen-bond donors (Lipinski definition) is 0. The number of amides is 2. The summed E-state index contributed by atoms with van der Waals surface area (Å²) < 4.78 is 6.95. The third kappa shape index (κ3) is 6.58. The number of carbonyl (C=O) groups is 2. The van der Waals surface area contributed by atoms with E-state index in [9.17, 15) is 9.59 Å². The predicted octanol–water partition coefficient (Wildman–Crippen LogP) is 3.68. The van der Waals surface area contributed by atoms with E-state index in [1.54, 1.807) is 27.8 Å². The Labute approximate surface area is 207 Å². The van der Waals surface area contributed by atoms with Crippen molar-refractivity contribution in [2.45, 2.75) is 52.7 Å². The SMILES string of the molecule is CCCn1ccc(C(=O)N2CCN(C(C)C)CCCN(C(=O)COC)c3cc(Cl)ccc3C2)n1. The molecule has 0 unspecified atom stereocenters. The van der Waals surface area contributed by atoms with Crippen molar-refractivity contribution in [2.24, 2.45) is 0 Å². The highest BCUT2D eigenvalue weighted by atomic mass is 35.5. The summed E-state index contributed by atoms with van der Waals surface area (Å²) in [6, 6.07) is 7.61. The van der Waals surface area contributed by atoms with Gasteiger partial charge < -0.3 is 14.5 Å². The van der Waals surface area contributed by atoms with Crippen LogP contribution in [0.4, 0.5) is 5.69 Å². The van der Waals surface area contributed by atoms with Crippen molar-refractivity contribution in [3.8, 4) is 0 Å². The van der Waals surface area contributed by atoms with Crippen LogP contribution >= 0.6 is 11.6 Å². The van der Waals surface area contributed by atoms with Crippen LogP contribution in [0.3, 0.4) is 0 Å². The molecule has 3 rings (SSSR count). The summed E-state index contributed by atoms with van der Waals surface area (Å²) in [7, 11) is 1.52. The Morgan fingerprint density at radius 2 is 1.94 bits per heavy atom. The van der Waals surface area contributed by atoms with E-state index in [0.29, 0.717) is 36.4 Å². The summed E-state index contributed by atoms with van der Waals surface area (Å²) in [4.78, 5) is 32.4. The highest BCUT2D eigenvalue weighted by Crippen LogP contribution is 2.28. The van der Waals surface area contributed by atoms with Gasteiger partial charge in [0.15, 0.2) is 0 Å². The number of carbonyl (C=O) groups excluding carboxylic acids is 2. The summed E-state index contributed by atoms with van der Waals surface area (Å²) in [5, 5.41) is 5.04. The molecule has 0 atom stereocenters. The zero-order valence-electron chi connectivity index (χ0n) is 20.7. The van der Waals surface area contributed by atoms with Crippen LogP contribution in [0.1, 0.15) is 49.7 Å². The standard InChI is InChI=1S/C25H36ClN5O3/c1-5-10-30-13-9-22(27-30)25(33)29-15-14-28(19(2)3)11-6-12-31(24(32)18-34-4)23-16-21(26)8-7-20(23)17-29/h7-9,13,16,19H,5-6,10-12,14-15,17-18H2,1-4H3. The van der Waals surface area contributed by atoms with Gasteiger partial charge in [-0.2, -0.15) is 5.10 Å². The maximum absolute atomic E-state index is 13.5. The molecule has 1 aromatic heterocycles. The molecular formula is C25H36ClN5O3. The summed E-state index contributed by atoms with van der Waals surface area (Å²) in [6.07, 6.45) is 3.60. The lowest BCUT2D eigenvalue weighted by atomic mass is 10.1. The average Bonchev–Trinajstić information content (AvgIpc) is 3.25. The molecule has 0 spiro atoms. The Kier molecular flexibility index (Phi) is 9.50. The number of methoxy groups -OCH3 is 1. The van der Waals surface area contributed by atoms with Gasteiger partial charge in [-0.1, -0.05) is 24.6 Å². The van der Waals surface area contributed by atoms with Crippen molar-refractivity contribution in [3.05, 3.63) is 46.7 Å². The normalized spacial score (nSPS) is 15.8. The van der Waals surface area contributed by atoms with Gasteiger partial charge in [-0.25, -0.2) is 0 Å². The molecule has 8 nitrogen and oxygen atoms in total. The van der Waals surface area contributed by atoms with Crippen molar-refractivity contribution >= 4 is 29.1 Å². The Bertz CT molecular complexity index is 977. The second-order valence-electron chi connectivity index (χ2n) is 8.93. The van der Waals surface area contributed by atoms with Gasteiger partial charge in [-0.15, -0.1) is 0 Å². The van der Waals surface area contributed by atoms with E-state index in [-0.39, 0.29) is 18.4 Å². The molecule has 0 saturated carbocycles. The van der Waals surface area contributed by atoms with Gasteiger partial charge in [-0.05, 0) is 50.5 Å². The first-order chi connectivity index (χ1) is 16.3. The Morgan fingerprint density at radius 3 is 2.65 bits per heavy atom. The van der Waals surface area contributed by atoms with Crippen LogP contribution < -0.4 is 4.90 Å². The summed E-state index contributed by atoms with van der Waals surface area (Å²) >= 11 is 6.34. The minimum atomic E-state index is -0.127. The number of nitrogens with zero attached hydrogens (tertiary/aromatic N) is 5. The average molecular weight is 490 g/mol. The number of anilines is 1. The second-order valence-corrected chi connectivity index (χ2v) is 9.36. The zero-order valence-corrected chi connectivity index (χ0v) is 21.4. The number of aromatic nitrogens is 2. The number of ether oxygens (including phenoxy) is 1. The van der Waals surface area contributed by atoms with E-state index >= 15 is 0 Å². The highest BCUT2D eigenvalue weighted by molar-refractivity contribution is 6.31. The quantitative estimate of drug-likeness (QED) is 0.619. The lowest BCUT2D eigenvalue weighted by Crippen LogP contribution is -2.41. The van der Waals surface area contributed by atoms with Crippen LogP contribution in [0.5, 0.6) is 0 Å². The number of benzene rings is 1. The van der Waals surface area contributed by atoms with Gasteiger partial charge in [0.25, 0.3) is 11.8 Å². The first-order valence-corrected chi connectivity index (χ1v) is 12.4. The molecule has 0 radical (unpaired) electrons. The molecular weight excluding hydrogens is 454 g/mol. The maximum Gasteiger partial charge on any atom is 0.274 e. The van der Waals surface area contributed by atoms with Crippen LogP contribution in [0.15, 0.2) is 30.5 Å². The van der Waals surface area contributed by atoms with Gasteiger partial charge in [-0.3, -0.25) is 19.2 Å². The van der Waals surface area contributed by atoms with E-state index in [1.807, 2.05) is 17.2 Å². The number of fused-ring (bicyclic) bond motifs is 1. The van der Waals surface area contributed by atoms with Crippen molar-refractivity contribution in [3.63, 3.8) is 0 Å². The summed E-state index contributed by atoms with van der Waals surface area (Å²) in [6.45, 7) is 10.2. The second kappa shape index (κ2) is 12.3. The number of halogens is 1. The molecule has 34 heavy (non-hydrogen) atoms. The van der Waals surface area contributed by atoms with Crippen LogP contribution in [-0.4, -0.2) is 77.3 Å². The lowest BCUT2D eigenvalue weighted by Gasteiger charge is -2.29. The maximum atomic E-state index is 13.5. The summed E-state index contributed by atoms with van der Waals surface area (Å²) in [5.41, 5.74) is 2.03. The first-order valence-electron chi connectivity index (χ1n) is 12.0. The van der Waals surface area contributed by atoms with E-state index < -0.39 is 0 Å². The molecule has 0 fully saturated rings. The zero-order chi connectivity index (χ0) is 24.7. The predicted molar refractivity (Wildman–Crippen MR) is 134 cm³/mol. The van der Waals surface area contributed by atoms with E-state index in [2.05, 4.69) is 30.8 Å². The molecule has 9 heteroatoms. The van der Waals surface area contributed by atoms with Crippen molar-refractivity contribution in [1.82, 2.24) is 19.6 Å². The van der Waals surface area contributed by atoms with E-state index in [0.717, 1.165) is 43.7 Å². The van der Waals surface area contributed by atoms with Crippen molar-refractivity contribution in [2.75, 3.05) is 44.8 Å².